The van der Waals surface area contributed by atoms with Crippen LogP contribution in [0.5, 0.6) is 5.75 Å². The van der Waals surface area contributed by atoms with E-state index in [1.54, 1.807) is 19.4 Å². The molecular weight excluding hydrogens is 314 g/mol. The molecule has 2 rings (SSSR count). The van der Waals surface area contributed by atoms with Crippen LogP contribution in [-0.2, 0) is 11.3 Å². The van der Waals surface area contributed by atoms with Crippen molar-refractivity contribution in [2.75, 3.05) is 6.54 Å². The lowest BCUT2D eigenvalue weighted by molar-refractivity contribution is -0.127. The number of amides is 1. The second-order valence-corrected chi connectivity index (χ2v) is 5.95. The highest BCUT2D eigenvalue weighted by Gasteiger charge is 2.15. The van der Waals surface area contributed by atoms with Crippen LogP contribution in [0.3, 0.4) is 0 Å². The Bertz CT molecular complexity index is 633. The molecule has 0 aliphatic rings. The smallest absolute Gasteiger partial charge is 0.260 e. The molecular formula is C17H22ClN3O2. The lowest BCUT2D eigenvalue weighted by Gasteiger charge is -2.16. The number of imidazole rings is 1. The average Bonchev–Trinajstić information content (AvgIpc) is 3.02. The fourth-order valence-corrected chi connectivity index (χ4v) is 2.38. The van der Waals surface area contributed by atoms with E-state index in [4.69, 9.17) is 16.3 Å². The summed E-state index contributed by atoms with van der Waals surface area (Å²) in [7, 11) is 0. The molecule has 2 aromatic rings. The normalized spacial score (nSPS) is 12.0. The summed E-state index contributed by atoms with van der Waals surface area (Å²) >= 11 is 6.13. The van der Waals surface area contributed by atoms with E-state index in [1.165, 1.54) is 0 Å². The number of hydrogen-bond donors (Lipinski definition) is 1. The van der Waals surface area contributed by atoms with E-state index in [-0.39, 0.29) is 5.91 Å². The minimum atomic E-state index is -0.553. The zero-order chi connectivity index (χ0) is 16.8. The molecule has 0 saturated heterocycles. The van der Waals surface area contributed by atoms with Crippen LogP contribution < -0.4 is 10.1 Å². The molecule has 124 valence electrons. The quantitative estimate of drug-likeness (QED) is 0.791. The molecule has 0 aliphatic heterocycles. The third kappa shape index (κ3) is 4.99. The van der Waals surface area contributed by atoms with Crippen molar-refractivity contribution in [1.82, 2.24) is 14.9 Å². The summed E-state index contributed by atoms with van der Waals surface area (Å²) in [4.78, 5) is 16.0. The van der Waals surface area contributed by atoms with E-state index in [9.17, 15) is 4.79 Å². The Labute approximate surface area is 141 Å². The molecule has 1 heterocycles. The van der Waals surface area contributed by atoms with Crippen molar-refractivity contribution in [2.24, 2.45) is 0 Å². The van der Waals surface area contributed by atoms with Crippen LogP contribution in [0, 0.1) is 13.8 Å². The Morgan fingerprint density at radius 3 is 2.70 bits per heavy atom. The molecule has 5 nitrogen and oxygen atoms in total. The molecule has 1 aromatic heterocycles. The van der Waals surface area contributed by atoms with Gasteiger partial charge in [-0.15, -0.1) is 0 Å². The lowest BCUT2D eigenvalue weighted by atomic mass is 10.1. The van der Waals surface area contributed by atoms with Gasteiger partial charge in [0.25, 0.3) is 5.91 Å². The van der Waals surface area contributed by atoms with Crippen LogP contribution in [0.25, 0.3) is 0 Å². The molecule has 1 N–H and O–H groups in total. The zero-order valence-electron chi connectivity index (χ0n) is 13.7. The summed E-state index contributed by atoms with van der Waals surface area (Å²) in [6.07, 6.45) is 5.69. The van der Waals surface area contributed by atoms with Crippen molar-refractivity contribution in [3.63, 3.8) is 0 Å². The molecule has 1 atom stereocenters. The van der Waals surface area contributed by atoms with Crippen LogP contribution in [0.15, 0.2) is 30.9 Å². The number of carbonyl (C=O) groups is 1. The van der Waals surface area contributed by atoms with Crippen LogP contribution in [-0.4, -0.2) is 28.1 Å². The van der Waals surface area contributed by atoms with Gasteiger partial charge in [-0.1, -0.05) is 11.6 Å². The maximum Gasteiger partial charge on any atom is 0.260 e. The first-order chi connectivity index (χ1) is 11.0. The highest BCUT2D eigenvalue weighted by molar-refractivity contribution is 6.32. The van der Waals surface area contributed by atoms with E-state index in [0.29, 0.717) is 12.3 Å². The van der Waals surface area contributed by atoms with Crippen LogP contribution >= 0.6 is 11.6 Å². The van der Waals surface area contributed by atoms with E-state index in [2.05, 4.69) is 10.3 Å². The highest BCUT2D eigenvalue weighted by Crippen LogP contribution is 2.26. The Morgan fingerprint density at radius 1 is 1.39 bits per heavy atom. The number of aromatic nitrogens is 2. The first kappa shape index (κ1) is 17.3. The number of benzene rings is 1. The summed E-state index contributed by atoms with van der Waals surface area (Å²) in [5.41, 5.74) is 1.88. The van der Waals surface area contributed by atoms with Crippen molar-refractivity contribution in [3.8, 4) is 5.75 Å². The molecule has 0 saturated carbocycles. The number of ether oxygens (including phenoxy) is 1. The standard InChI is InChI=1S/C17H22ClN3O2/c1-12-9-15(10-13(2)16(12)18)23-14(3)17(22)20-5-4-7-21-8-6-19-11-21/h6,8-11,14H,4-5,7H2,1-3H3,(H,20,22)/t14-/m0/s1. The van der Waals surface area contributed by atoms with E-state index in [1.807, 2.05) is 36.7 Å². The number of rotatable bonds is 7. The van der Waals surface area contributed by atoms with E-state index < -0.39 is 6.10 Å². The predicted octanol–water partition coefficient (Wildman–Crippen LogP) is 3.13. The van der Waals surface area contributed by atoms with Gasteiger partial charge in [0.1, 0.15) is 5.75 Å². The summed E-state index contributed by atoms with van der Waals surface area (Å²) in [5.74, 6) is 0.534. The van der Waals surface area contributed by atoms with E-state index in [0.717, 1.165) is 29.1 Å². The fourth-order valence-electron chi connectivity index (χ4n) is 2.27. The number of nitrogens with zero attached hydrogens (tertiary/aromatic N) is 2. The SMILES string of the molecule is Cc1cc(O[C@@H](C)C(=O)NCCCn2ccnc2)cc(C)c1Cl. The Hall–Kier alpha value is -2.01. The first-order valence-electron chi connectivity index (χ1n) is 7.64. The van der Waals surface area contributed by atoms with Gasteiger partial charge in [-0.05, 0) is 50.5 Å². The molecule has 0 unspecified atom stereocenters. The first-order valence-corrected chi connectivity index (χ1v) is 8.02. The summed E-state index contributed by atoms with van der Waals surface area (Å²) in [6, 6.07) is 3.69. The van der Waals surface area contributed by atoms with Crippen LogP contribution in [0.4, 0.5) is 0 Å². The maximum atomic E-state index is 12.1. The number of aryl methyl sites for hydroxylation is 3. The van der Waals surface area contributed by atoms with Crippen molar-refractivity contribution >= 4 is 17.5 Å². The minimum absolute atomic E-state index is 0.124. The second kappa shape index (κ2) is 8.02. The molecule has 0 radical (unpaired) electrons. The molecule has 23 heavy (non-hydrogen) atoms. The van der Waals surface area contributed by atoms with Gasteiger partial charge in [0.15, 0.2) is 6.10 Å². The predicted molar refractivity (Wildman–Crippen MR) is 90.9 cm³/mol. The Morgan fingerprint density at radius 2 is 2.09 bits per heavy atom. The topological polar surface area (TPSA) is 56.1 Å². The van der Waals surface area contributed by atoms with Gasteiger partial charge in [-0.3, -0.25) is 4.79 Å². The molecule has 0 bridgehead atoms. The number of nitrogens with one attached hydrogen (secondary N) is 1. The second-order valence-electron chi connectivity index (χ2n) is 5.58. The number of halogens is 1. The lowest BCUT2D eigenvalue weighted by Crippen LogP contribution is -2.37. The number of carbonyl (C=O) groups excluding carboxylic acids is 1. The Kier molecular flexibility index (Phi) is 6.04. The van der Waals surface area contributed by atoms with Crippen LogP contribution in [0.2, 0.25) is 5.02 Å². The summed E-state index contributed by atoms with van der Waals surface area (Å²) in [6.45, 7) is 7.00. The Balaban J connectivity index is 1.78. The molecule has 1 aromatic carbocycles. The number of hydrogen-bond acceptors (Lipinski definition) is 3. The molecule has 0 fully saturated rings. The third-order valence-electron chi connectivity index (χ3n) is 3.54. The van der Waals surface area contributed by atoms with Crippen molar-refractivity contribution in [2.45, 2.75) is 39.8 Å². The van der Waals surface area contributed by atoms with Crippen molar-refractivity contribution in [3.05, 3.63) is 47.0 Å². The fraction of sp³-hybridized carbons (Fsp3) is 0.412. The third-order valence-corrected chi connectivity index (χ3v) is 4.14. The van der Waals surface area contributed by atoms with Crippen LogP contribution in [0.1, 0.15) is 24.5 Å². The van der Waals surface area contributed by atoms with E-state index >= 15 is 0 Å². The van der Waals surface area contributed by atoms with Gasteiger partial charge < -0.3 is 14.6 Å². The van der Waals surface area contributed by atoms with Gasteiger partial charge in [0.2, 0.25) is 0 Å². The monoisotopic (exact) mass is 335 g/mol. The van der Waals surface area contributed by atoms with Gasteiger partial charge in [-0.25, -0.2) is 4.98 Å². The molecule has 0 spiro atoms. The van der Waals surface area contributed by atoms with Gasteiger partial charge >= 0.3 is 0 Å². The molecule has 6 heteroatoms. The largest absolute Gasteiger partial charge is 0.481 e. The minimum Gasteiger partial charge on any atom is -0.481 e. The van der Waals surface area contributed by atoms with Crippen molar-refractivity contribution in [1.29, 1.82) is 0 Å². The van der Waals surface area contributed by atoms with Gasteiger partial charge in [0, 0.05) is 30.5 Å². The highest BCUT2D eigenvalue weighted by atomic mass is 35.5. The molecule has 1 amide bonds. The average molecular weight is 336 g/mol. The van der Waals surface area contributed by atoms with Gasteiger partial charge in [-0.2, -0.15) is 0 Å². The summed E-state index contributed by atoms with van der Waals surface area (Å²) < 4.78 is 7.69. The molecule has 0 aliphatic carbocycles. The maximum absolute atomic E-state index is 12.1. The van der Waals surface area contributed by atoms with Crippen molar-refractivity contribution < 1.29 is 9.53 Å². The van der Waals surface area contributed by atoms with Gasteiger partial charge in [0.05, 0.1) is 6.33 Å². The summed E-state index contributed by atoms with van der Waals surface area (Å²) in [5, 5.41) is 3.61. The zero-order valence-corrected chi connectivity index (χ0v) is 14.4.